The molecule has 162 valence electrons. The van der Waals surface area contributed by atoms with E-state index in [4.69, 9.17) is 4.42 Å². The summed E-state index contributed by atoms with van der Waals surface area (Å²) in [7, 11) is 0. The molecule has 0 aliphatic heterocycles. The molecule has 31 heavy (non-hydrogen) atoms. The van der Waals surface area contributed by atoms with Crippen molar-refractivity contribution in [3.05, 3.63) is 89.4 Å². The Labute approximate surface area is 176 Å². The molecule has 0 aliphatic rings. The number of halogens is 3. The third-order valence-electron chi connectivity index (χ3n) is 4.17. The summed E-state index contributed by atoms with van der Waals surface area (Å²) < 4.78 is 46.2. The number of nitrogens with one attached hydrogen (secondary N) is 2. The van der Waals surface area contributed by atoms with Crippen molar-refractivity contribution in [2.24, 2.45) is 0 Å². The second-order valence-electron chi connectivity index (χ2n) is 6.57. The first-order valence-electron chi connectivity index (χ1n) is 9.26. The smallest absolute Gasteiger partial charge is 0.411 e. The summed E-state index contributed by atoms with van der Waals surface area (Å²) in [5, 5.41) is 5.39. The van der Waals surface area contributed by atoms with Crippen LogP contribution in [-0.4, -0.2) is 24.6 Å². The van der Waals surface area contributed by atoms with Gasteiger partial charge in [0, 0.05) is 5.56 Å². The van der Waals surface area contributed by atoms with Gasteiger partial charge in [0.05, 0.1) is 30.7 Å². The molecule has 9 heteroatoms. The fraction of sp³-hybridized carbons (Fsp3) is 0.182. The van der Waals surface area contributed by atoms with Crippen LogP contribution >= 0.6 is 0 Å². The van der Waals surface area contributed by atoms with Crippen molar-refractivity contribution in [3.63, 3.8) is 0 Å². The zero-order valence-corrected chi connectivity index (χ0v) is 16.2. The molecule has 0 atom stereocenters. The lowest BCUT2D eigenvalue weighted by Gasteiger charge is -2.12. The number of rotatable bonds is 8. The van der Waals surface area contributed by atoms with Crippen LogP contribution in [0.5, 0.6) is 0 Å². The second-order valence-corrected chi connectivity index (χ2v) is 6.57. The van der Waals surface area contributed by atoms with E-state index in [1.54, 1.807) is 36.4 Å². The normalized spacial score (nSPS) is 11.2. The predicted octanol–water partition coefficient (Wildman–Crippen LogP) is 4.54. The highest BCUT2D eigenvalue weighted by Gasteiger charge is 2.27. The molecule has 1 heterocycles. The van der Waals surface area contributed by atoms with E-state index in [0.29, 0.717) is 17.0 Å². The average molecular weight is 432 g/mol. The van der Waals surface area contributed by atoms with Crippen LogP contribution in [0, 0.1) is 0 Å². The molecule has 3 aromatic rings. The first-order chi connectivity index (χ1) is 14.8. The van der Waals surface area contributed by atoms with E-state index in [0.717, 1.165) is 0 Å². The summed E-state index contributed by atoms with van der Waals surface area (Å²) in [4.78, 5) is 25.0. The van der Waals surface area contributed by atoms with Gasteiger partial charge in [-0.2, -0.15) is 13.2 Å². The van der Waals surface area contributed by atoms with Crippen molar-refractivity contribution in [2.75, 3.05) is 11.9 Å². The van der Waals surface area contributed by atoms with Gasteiger partial charge in [0.25, 0.3) is 11.8 Å². The largest absolute Gasteiger partial charge is 0.467 e. The summed E-state index contributed by atoms with van der Waals surface area (Å²) in [5.74, 6) is -0.257. The SMILES string of the molecule is O=C(Nc1ccccc1C(=O)NCc1ccco1)c1ccc(COCC(F)(F)F)cc1. The van der Waals surface area contributed by atoms with Gasteiger partial charge in [-0.15, -0.1) is 0 Å². The predicted molar refractivity (Wildman–Crippen MR) is 106 cm³/mol. The van der Waals surface area contributed by atoms with Crippen LogP contribution in [0.3, 0.4) is 0 Å². The summed E-state index contributed by atoms with van der Waals surface area (Å²) in [5.41, 5.74) is 1.38. The van der Waals surface area contributed by atoms with Crippen molar-refractivity contribution < 1.29 is 31.9 Å². The lowest BCUT2D eigenvalue weighted by atomic mass is 10.1. The summed E-state index contributed by atoms with van der Waals surface area (Å²) in [6.45, 7) is -1.36. The van der Waals surface area contributed by atoms with Gasteiger partial charge in [-0.1, -0.05) is 24.3 Å². The maximum atomic E-state index is 12.6. The monoisotopic (exact) mass is 432 g/mol. The minimum atomic E-state index is -4.39. The summed E-state index contributed by atoms with van der Waals surface area (Å²) in [6, 6.07) is 15.9. The van der Waals surface area contributed by atoms with Crippen molar-refractivity contribution in [3.8, 4) is 0 Å². The van der Waals surface area contributed by atoms with Gasteiger partial charge < -0.3 is 19.8 Å². The maximum Gasteiger partial charge on any atom is 0.411 e. The van der Waals surface area contributed by atoms with Crippen LogP contribution < -0.4 is 10.6 Å². The molecule has 0 saturated carbocycles. The Morgan fingerprint density at radius 3 is 2.35 bits per heavy atom. The van der Waals surface area contributed by atoms with Crippen molar-refractivity contribution in [2.45, 2.75) is 19.3 Å². The highest BCUT2D eigenvalue weighted by Crippen LogP contribution is 2.18. The topological polar surface area (TPSA) is 80.6 Å². The van der Waals surface area contributed by atoms with Gasteiger partial charge >= 0.3 is 6.18 Å². The number of furan rings is 1. The summed E-state index contributed by atoms with van der Waals surface area (Å²) >= 11 is 0. The molecule has 0 saturated heterocycles. The number of para-hydroxylation sites is 1. The highest BCUT2D eigenvalue weighted by molar-refractivity contribution is 6.09. The fourth-order valence-electron chi connectivity index (χ4n) is 2.70. The number of hydrogen-bond donors (Lipinski definition) is 2. The number of amides is 2. The van der Waals surface area contributed by atoms with Crippen LogP contribution in [0.1, 0.15) is 32.0 Å². The highest BCUT2D eigenvalue weighted by atomic mass is 19.4. The lowest BCUT2D eigenvalue weighted by Crippen LogP contribution is -2.24. The third kappa shape index (κ3) is 6.71. The molecule has 0 bridgehead atoms. The molecule has 2 aromatic carbocycles. The van der Waals surface area contributed by atoms with Gasteiger partial charge in [-0.05, 0) is 42.0 Å². The Morgan fingerprint density at radius 2 is 1.68 bits per heavy atom. The number of hydrogen-bond acceptors (Lipinski definition) is 4. The van der Waals surface area contributed by atoms with E-state index in [1.807, 2.05) is 0 Å². The molecule has 6 nitrogen and oxygen atoms in total. The quantitative estimate of drug-likeness (QED) is 0.548. The maximum absolute atomic E-state index is 12.6. The molecular formula is C22H19F3N2O4. The Kier molecular flexibility index (Phi) is 7.09. The van der Waals surface area contributed by atoms with Crippen molar-refractivity contribution >= 4 is 17.5 Å². The van der Waals surface area contributed by atoms with Crippen LogP contribution in [0.15, 0.2) is 71.3 Å². The Morgan fingerprint density at radius 1 is 0.935 bits per heavy atom. The molecule has 0 unspecified atom stereocenters. The molecule has 0 radical (unpaired) electrons. The van der Waals surface area contributed by atoms with Gasteiger partial charge in [-0.3, -0.25) is 9.59 Å². The molecule has 0 spiro atoms. The molecule has 3 rings (SSSR count). The Bertz CT molecular complexity index is 1020. The van der Waals surface area contributed by atoms with E-state index < -0.39 is 18.7 Å². The van der Waals surface area contributed by atoms with Crippen molar-refractivity contribution in [1.82, 2.24) is 5.32 Å². The van der Waals surface area contributed by atoms with Gasteiger partial charge in [-0.25, -0.2) is 0 Å². The van der Waals surface area contributed by atoms with Crippen LogP contribution in [-0.2, 0) is 17.9 Å². The molecule has 2 amide bonds. The average Bonchev–Trinajstić information content (AvgIpc) is 3.26. The lowest BCUT2D eigenvalue weighted by molar-refractivity contribution is -0.176. The number of carbonyl (C=O) groups excluding carboxylic acids is 2. The zero-order chi connectivity index (χ0) is 22.3. The van der Waals surface area contributed by atoms with Crippen LogP contribution in [0.4, 0.5) is 18.9 Å². The van der Waals surface area contributed by atoms with Gasteiger partial charge in [0.15, 0.2) is 0 Å². The Balaban J connectivity index is 1.60. The minimum Gasteiger partial charge on any atom is -0.467 e. The van der Waals surface area contributed by atoms with E-state index in [1.165, 1.54) is 30.5 Å². The standard InChI is InChI=1S/C22H19F3N2O4/c23-22(24,25)14-30-13-15-7-9-16(10-8-15)20(28)27-19-6-2-1-5-18(19)21(29)26-12-17-4-3-11-31-17/h1-11H,12-14H2,(H,26,29)(H,27,28). The number of alkyl halides is 3. The van der Waals surface area contributed by atoms with Crippen molar-refractivity contribution in [1.29, 1.82) is 0 Å². The summed E-state index contributed by atoms with van der Waals surface area (Å²) in [6.07, 6.45) is -2.89. The van der Waals surface area contributed by atoms with E-state index in [2.05, 4.69) is 15.4 Å². The van der Waals surface area contributed by atoms with Gasteiger partial charge in [0.2, 0.25) is 0 Å². The fourth-order valence-corrected chi connectivity index (χ4v) is 2.70. The minimum absolute atomic E-state index is 0.200. The molecular weight excluding hydrogens is 413 g/mol. The molecule has 1 aromatic heterocycles. The van der Waals surface area contributed by atoms with Crippen LogP contribution in [0.2, 0.25) is 0 Å². The second kappa shape index (κ2) is 9.94. The van der Waals surface area contributed by atoms with Crippen LogP contribution in [0.25, 0.3) is 0 Å². The third-order valence-corrected chi connectivity index (χ3v) is 4.17. The van der Waals surface area contributed by atoms with E-state index in [9.17, 15) is 22.8 Å². The Hall–Kier alpha value is -3.59. The molecule has 0 fully saturated rings. The number of ether oxygens (including phenoxy) is 1. The van der Waals surface area contributed by atoms with E-state index in [-0.39, 0.29) is 30.2 Å². The van der Waals surface area contributed by atoms with Gasteiger partial charge in [0.1, 0.15) is 12.4 Å². The zero-order valence-electron chi connectivity index (χ0n) is 16.2. The van der Waals surface area contributed by atoms with E-state index >= 15 is 0 Å². The first-order valence-corrected chi connectivity index (χ1v) is 9.26. The number of anilines is 1. The number of benzene rings is 2. The molecule has 2 N–H and O–H groups in total. The first kappa shape index (κ1) is 22.1. The molecule has 0 aliphatic carbocycles. The number of carbonyl (C=O) groups is 2.